The van der Waals surface area contributed by atoms with E-state index in [1.54, 1.807) is 30.5 Å². The summed E-state index contributed by atoms with van der Waals surface area (Å²) < 4.78 is 4.67. The van der Waals surface area contributed by atoms with Gasteiger partial charge >= 0.3 is 5.97 Å². The molecule has 1 aromatic heterocycles. The summed E-state index contributed by atoms with van der Waals surface area (Å²) in [5.74, 6) is 0.209. The molecule has 1 aromatic carbocycles. The first-order valence-corrected chi connectivity index (χ1v) is 7.03. The SMILES string of the molecule is COC(=O)c1ccc(-c2nc(NC3CC3)ncc2Cl)cc1. The van der Waals surface area contributed by atoms with Crippen molar-refractivity contribution in [3.63, 3.8) is 0 Å². The molecule has 0 amide bonds. The van der Waals surface area contributed by atoms with Crippen LogP contribution in [0.4, 0.5) is 5.95 Å². The van der Waals surface area contributed by atoms with Crippen molar-refractivity contribution >= 4 is 23.5 Å². The minimum absolute atomic E-state index is 0.369. The zero-order valence-corrected chi connectivity index (χ0v) is 12.2. The molecule has 2 aromatic rings. The van der Waals surface area contributed by atoms with E-state index in [1.807, 2.05) is 0 Å². The quantitative estimate of drug-likeness (QED) is 0.879. The fourth-order valence-electron chi connectivity index (χ4n) is 1.93. The number of halogens is 1. The number of carbonyl (C=O) groups is 1. The molecule has 0 radical (unpaired) electrons. The van der Waals surface area contributed by atoms with Crippen LogP contribution in [0.15, 0.2) is 30.5 Å². The first-order chi connectivity index (χ1) is 10.2. The predicted molar refractivity (Wildman–Crippen MR) is 80.5 cm³/mol. The van der Waals surface area contributed by atoms with Gasteiger partial charge in [0.25, 0.3) is 0 Å². The van der Waals surface area contributed by atoms with E-state index in [4.69, 9.17) is 11.6 Å². The number of hydrogen-bond acceptors (Lipinski definition) is 5. The van der Waals surface area contributed by atoms with Gasteiger partial charge in [-0.15, -0.1) is 0 Å². The van der Waals surface area contributed by atoms with Crippen molar-refractivity contribution < 1.29 is 9.53 Å². The third-order valence-electron chi connectivity index (χ3n) is 3.23. The van der Waals surface area contributed by atoms with Gasteiger partial charge in [-0.1, -0.05) is 23.7 Å². The van der Waals surface area contributed by atoms with Gasteiger partial charge in [-0.05, 0) is 25.0 Å². The molecule has 1 heterocycles. The molecule has 0 unspecified atom stereocenters. The second kappa shape index (κ2) is 5.69. The Kier molecular flexibility index (Phi) is 3.75. The second-order valence-corrected chi connectivity index (χ2v) is 5.28. The number of hydrogen-bond donors (Lipinski definition) is 1. The molecule has 3 rings (SSSR count). The molecule has 0 saturated heterocycles. The van der Waals surface area contributed by atoms with E-state index in [2.05, 4.69) is 20.0 Å². The molecule has 1 fully saturated rings. The van der Waals surface area contributed by atoms with Crippen molar-refractivity contribution in [1.82, 2.24) is 9.97 Å². The van der Waals surface area contributed by atoms with Crippen LogP contribution in [0.2, 0.25) is 5.02 Å². The fraction of sp³-hybridized carbons (Fsp3) is 0.267. The first-order valence-electron chi connectivity index (χ1n) is 6.65. The lowest BCUT2D eigenvalue weighted by molar-refractivity contribution is 0.0601. The van der Waals surface area contributed by atoms with Crippen LogP contribution in [0.3, 0.4) is 0 Å². The molecule has 1 saturated carbocycles. The molecule has 0 atom stereocenters. The number of esters is 1. The van der Waals surface area contributed by atoms with E-state index >= 15 is 0 Å². The number of ether oxygens (including phenoxy) is 1. The highest BCUT2D eigenvalue weighted by Gasteiger charge is 2.22. The number of methoxy groups -OCH3 is 1. The Balaban J connectivity index is 1.89. The number of carbonyl (C=O) groups excluding carboxylic acids is 1. The monoisotopic (exact) mass is 303 g/mol. The normalized spacial score (nSPS) is 13.8. The Hall–Kier alpha value is -2.14. The minimum Gasteiger partial charge on any atom is -0.465 e. The molecular weight excluding hydrogens is 290 g/mol. The average molecular weight is 304 g/mol. The van der Waals surface area contributed by atoms with Crippen LogP contribution in [0.1, 0.15) is 23.2 Å². The predicted octanol–water partition coefficient (Wildman–Crippen LogP) is 3.16. The lowest BCUT2D eigenvalue weighted by Crippen LogP contribution is -2.06. The summed E-state index contributed by atoms with van der Waals surface area (Å²) in [6.07, 6.45) is 3.88. The second-order valence-electron chi connectivity index (χ2n) is 4.88. The standard InChI is InChI=1S/C15H14ClN3O2/c1-21-14(20)10-4-2-9(3-5-10)13-12(16)8-17-15(19-13)18-11-6-7-11/h2-5,8,11H,6-7H2,1H3,(H,17,18,19). The Labute approximate surface area is 127 Å². The smallest absolute Gasteiger partial charge is 0.337 e. The van der Waals surface area contributed by atoms with Gasteiger partial charge in [0, 0.05) is 11.6 Å². The maximum Gasteiger partial charge on any atom is 0.337 e. The molecule has 1 N–H and O–H groups in total. The van der Waals surface area contributed by atoms with Gasteiger partial charge in [0.1, 0.15) is 0 Å². The van der Waals surface area contributed by atoms with Crippen molar-refractivity contribution in [3.05, 3.63) is 41.0 Å². The summed E-state index contributed by atoms with van der Waals surface area (Å²) in [5.41, 5.74) is 1.96. The highest BCUT2D eigenvalue weighted by atomic mass is 35.5. The van der Waals surface area contributed by atoms with E-state index in [0.29, 0.717) is 28.3 Å². The summed E-state index contributed by atoms with van der Waals surface area (Å²) in [4.78, 5) is 20.0. The highest BCUT2D eigenvalue weighted by molar-refractivity contribution is 6.32. The number of nitrogens with zero attached hydrogens (tertiary/aromatic N) is 2. The van der Waals surface area contributed by atoms with Crippen molar-refractivity contribution in [2.75, 3.05) is 12.4 Å². The lowest BCUT2D eigenvalue weighted by atomic mass is 10.1. The molecule has 5 nitrogen and oxygen atoms in total. The Bertz CT molecular complexity index is 669. The van der Waals surface area contributed by atoms with Crippen molar-refractivity contribution in [3.8, 4) is 11.3 Å². The van der Waals surface area contributed by atoms with Crippen LogP contribution in [0.25, 0.3) is 11.3 Å². The summed E-state index contributed by atoms with van der Waals surface area (Å²) in [6, 6.07) is 7.44. The van der Waals surface area contributed by atoms with Crippen LogP contribution < -0.4 is 5.32 Å². The zero-order chi connectivity index (χ0) is 14.8. The van der Waals surface area contributed by atoms with E-state index in [0.717, 1.165) is 18.4 Å². The third-order valence-corrected chi connectivity index (χ3v) is 3.51. The molecule has 21 heavy (non-hydrogen) atoms. The average Bonchev–Trinajstić information content (AvgIpc) is 3.32. The molecule has 6 heteroatoms. The van der Waals surface area contributed by atoms with Crippen molar-refractivity contribution in [1.29, 1.82) is 0 Å². The molecule has 108 valence electrons. The molecule has 0 aliphatic heterocycles. The molecule has 1 aliphatic carbocycles. The Morgan fingerprint density at radius 3 is 2.67 bits per heavy atom. The van der Waals surface area contributed by atoms with E-state index in [9.17, 15) is 4.79 Å². The van der Waals surface area contributed by atoms with Gasteiger partial charge < -0.3 is 10.1 Å². The summed E-state index contributed by atoms with van der Waals surface area (Å²) in [6.45, 7) is 0. The largest absolute Gasteiger partial charge is 0.465 e. The van der Waals surface area contributed by atoms with Crippen LogP contribution in [0, 0.1) is 0 Å². The summed E-state index contributed by atoms with van der Waals surface area (Å²) in [5, 5.41) is 3.71. The van der Waals surface area contributed by atoms with Crippen LogP contribution in [-0.2, 0) is 4.74 Å². The van der Waals surface area contributed by atoms with Gasteiger partial charge in [-0.2, -0.15) is 0 Å². The molecule has 1 aliphatic rings. The molecule has 0 spiro atoms. The number of anilines is 1. The number of aromatic nitrogens is 2. The van der Waals surface area contributed by atoms with E-state index in [-0.39, 0.29) is 5.97 Å². The van der Waals surface area contributed by atoms with E-state index < -0.39 is 0 Å². The van der Waals surface area contributed by atoms with E-state index in [1.165, 1.54) is 7.11 Å². The van der Waals surface area contributed by atoms with Crippen molar-refractivity contribution in [2.45, 2.75) is 18.9 Å². The number of rotatable bonds is 4. The number of nitrogens with one attached hydrogen (secondary N) is 1. The fourth-order valence-corrected chi connectivity index (χ4v) is 2.13. The highest BCUT2D eigenvalue weighted by Crippen LogP contribution is 2.28. The first kappa shape index (κ1) is 13.8. The molecule has 0 bridgehead atoms. The van der Waals surface area contributed by atoms with Crippen molar-refractivity contribution in [2.24, 2.45) is 0 Å². The molecular formula is C15H14ClN3O2. The lowest BCUT2D eigenvalue weighted by Gasteiger charge is -2.08. The van der Waals surface area contributed by atoms with Gasteiger partial charge in [-0.3, -0.25) is 0 Å². The van der Waals surface area contributed by atoms with Crippen LogP contribution in [0.5, 0.6) is 0 Å². The summed E-state index contributed by atoms with van der Waals surface area (Å²) >= 11 is 6.17. The topological polar surface area (TPSA) is 64.1 Å². The zero-order valence-electron chi connectivity index (χ0n) is 11.5. The maximum absolute atomic E-state index is 11.4. The number of benzene rings is 1. The third kappa shape index (κ3) is 3.13. The maximum atomic E-state index is 11.4. The Morgan fingerprint density at radius 1 is 1.33 bits per heavy atom. The van der Waals surface area contributed by atoms with Crippen LogP contribution in [-0.4, -0.2) is 29.1 Å². The van der Waals surface area contributed by atoms with Gasteiger partial charge in [0.2, 0.25) is 5.95 Å². The van der Waals surface area contributed by atoms with Gasteiger partial charge in [0.15, 0.2) is 0 Å². The summed E-state index contributed by atoms with van der Waals surface area (Å²) in [7, 11) is 1.35. The minimum atomic E-state index is -0.369. The van der Waals surface area contributed by atoms with Crippen LogP contribution >= 0.6 is 11.6 Å². The van der Waals surface area contributed by atoms with Gasteiger partial charge in [0.05, 0.1) is 29.6 Å². The Morgan fingerprint density at radius 2 is 2.05 bits per heavy atom. The van der Waals surface area contributed by atoms with Gasteiger partial charge in [-0.25, -0.2) is 14.8 Å².